The zero-order valence-electron chi connectivity index (χ0n) is 16.4. The van der Waals surface area contributed by atoms with Crippen LogP contribution < -0.4 is 10.6 Å². The Morgan fingerprint density at radius 2 is 1.97 bits per heavy atom. The summed E-state index contributed by atoms with van der Waals surface area (Å²) in [4.78, 5) is 37.0. The van der Waals surface area contributed by atoms with Crippen LogP contribution in [0.25, 0.3) is 0 Å². The van der Waals surface area contributed by atoms with E-state index in [9.17, 15) is 14.4 Å². The third kappa shape index (κ3) is 5.84. The van der Waals surface area contributed by atoms with Crippen molar-refractivity contribution in [2.24, 2.45) is 0 Å². The Labute approximate surface area is 174 Å². The van der Waals surface area contributed by atoms with Crippen molar-refractivity contribution < 1.29 is 19.1 Å². The van der Waals surface area contributed by atoms with Crippen LogP contribution in [0.5, 0.6) is 0 Å². The van der Waals surface area contributed by atoms with Crippen molar-refractivity contribution in [3.8, 4) is 0 Å². The number of carbonyl (C=O) groups excluding carboxylic acids is 3. The summed E-state index contributed by atoms with van der Waals surface area (Å²) in [7, 11) is 0. The lowest BCUT2D eigenvalue weighted by Gasteiger charge is -2.21. The molecule has 0 bridgehead atoms. The molecule has 0 fully saturated rings. The van der Waals surface area contributed by atoms with Crippen LogP contribution in [0.2, 0.25) is 0 Å². The predicted octanol–water partition coefficient (Wildman–Crippen LogP) is 3.41. The van der Waals surface area contributed by atoms with Gasteiger partial charge in [0, 0.05) is 10.9 Å². The fourth-order valence-corrected chi connectivity index (χ4v) is 3.90. The number of hydrogen-bond acceptors (Lipinski definition) is 5. The number of benzene rings is 2. The van der Waals surface area contributed by atoms with E-state index in [1.807, 2.05) is 32.0 Å². The summed E-state index contributed by atoms with van der Waals surface area (Å²) in [6.45, 7) is 3.40. The summed E-state index contributed by atoms with van der Waals surface area (Å²) < 4.78 is 5.12. The molecule has 1 aliphatic heterocycles. The quantitative estimate of drug-likeness (QED) is 0.681. The molecule has 1 heterocycles. The van der Waals surface area contributed by atoms with E-state index in [0.717, 1.165) is 17.7 Å². The van der Waals surface area contributed by atoms with Gasteiger partial charge in [0.25, 0.3) is 5.91 Å². The highest BCUT2D eigenvalue weighted by molar-refractivity contribution is 8.00. The predicted molar refractivity (Wildman–Crippen MR) is 113 cm³/mol. The van der Waals surface area contributed by atoms with Crippen LogP contribution in [0, 0.1) is 0 Å². The van der Waals surface area contributed by atoms with Gasteiger partial charge >= 0.3 is 5.97 Å². The van der Waals surface area contributed by atoms with Gasteiger partial charge in [0.15, 0.2) is 6.61 Å². The molecule has 3 rings (SSSR count). The van der Waals surface area contributed by atoms with Crippen LogP contribution >= 0.6 is 11.8 Å². The van der Waals surface area contributed by atoms with Gasteiger partial charge in [0.1, 0.15) is 0 Å². The zero-order valence-corrected chi connectivity index (χ0v) is 17.3. The summed E-state index contributed by atoms with van der Waals surface area (Å²) in [5, 5.41) is 5.44. The van der Waals surface area contributed by atoms with Crippen LogP contribution in [-0.2, 0) is 20.7 Å². The third-order valence-corrected chi connectivity index (χ3v) is 5.77. The number of rotatable bonds is 7. The van der Waals surface area contributed by atoms with Crippen LogP contribution in [0.4, 0.5) is 5.69 Å². The molecule has 2 aromatic carbocycles. The fourth-order valence-electron chi connectivity index (χ4n) is 2.97. The molecule has 1 aliphatic rings. The lowest BCUT2D eigenvalue weighted by molar-refractivity contribution is -0.124. The Morgan fingerprint density at radius 1 is 1.21 bits per heavy atom. The van der Waals surface area contributed by atoms with Gasteiger partial charge in [-0.25, -0.2) is 4.79 Å². The van der Waals surface area contributed by atoms with E-state index in [0.29, 0.717) is 11.3 Å². The number of thioether (sulfide) groups is 1. The molecule has 2 amide bonds. The zero-order chi connectivity index (χ0) is 20.8. The Hall–Kier alpha value is -2.80. The molecule has 2 N–H and O–H groups in total. The average molecular weight is 413 g/mol. The van der Waals surface area contributed by atoms with Gasteiger partial charge in [0.2, 0.25) is 5.91 Å². The lowest BCUT2D eigenvalue weighted by Crippen LogP contribution is -2.36. The van der Waals surface area contributed by atoms with Crippen molar-refractivity contribution in [2.45, 2.75) is 42.9 Å². The van der Waals surface area contributed by atoms with E-state index in [1.54, 1.807) is 18.2 Å². The van der Waals surface area contributed by atoms with Gasteiger partial charge in [0.05, 0.1) is 16.5 Å². The number of carbonyl (C=O) groups is 3. The molecule has 7 heteroatoms. The smallest absolute Gasteiger partial charge is 0.338 e. The van der Waals surface area contributed by atoms with Crippen molar-refractivity contribution in [2.75, 3.05) is 11.9 Å². The summed E-state index contributed by atoms with van der Waals surface area (Å²) in [6.07, 6.45) is 1.66. The largest absolute Gasteiger partial charge is 0.452 e. The van der Waals surface area contributed by atoms with Crippen molar-refractivity contribution >= 4 is 35.2 Å². The van der Waals surface area contributed by atoms with Crippen LogP contribution in [0.3, 0.4) is 0 Å². The molecule has 2 atom stereocenters. The topological polar surface area (TPSA) is 84.5 Å². The molecule has 2 unspecified atom stereocenters. The molecule has 152 valence electrons. The second-order valence-corrected chi connectivity index (χ2v) is 8.41. The van der Waals surface area contributed by atoms with Gasteiger partial charge in [-0.2, -0.15) is 0 Å². The van der Waals surface area contributed by atoms with Crippen molar-refractivity contribution in [3.05, 3.63) is 59.7 Å². The van der Waals surface area contributed by atoms with Crippen LogP contribution in [0.1, 0.15) is 36.2 Å². The van der Waals surface area contributed by atoms with E-state index < -0.39 is 5.97 Å². The summed E-state index contributed by atoms with van der Waals surface area (Å²) in [6, 6.07) is 15.0. The minimum absolute atomic E-state index is 0.0284. The maximum atomic E-state index is 12.3. The van der Waals surface area contributed by atoms with E-state index in [-0.39, 0.29) is 29.7 Å². The standard InChI is InChI=1S/C22H24N2O4S/c1-14(8-9-16-6-4-3-5-7-16)23-20(25)13-28-22(27)17-10-11-19-18(12-17)24-21(26)15(2)29-19/h3-7,10-12,14-15H,8-9,13H2,1-2H3,(H,23,25)(H,24,26). The molecule has 0 aromatic heterocycles. The highest BCUT2D eigenvalue weighted by atomic mass is 32.2. The normalized spacial score (nSPS) is 16.3. The molecular formula is C22H24N2O4S. The number of fused-ring (bicyclic) bond motifs is 1. The second-order valence-electron chi connectivity index (χ2n) is 7.03. The van der Waals surface area contributed by atoms with E-state index in [1.165, 1.54) is 17.3 Å². The second kappa shape index (κ2) is 9.60. The van der Waals surface area contributed by atoms with Gasteiger partial charge in [-0.1, -0.05) is 30.3 Å². The van der Waals surface area contributed by atoms with Crippen LogP contribution in [-0.4, -0.2) is 35.7 Å². The lowest BCUT2D eigenvalue weighted by atomic mass is 10.1. The molecule has 2 aromatic rings. The molecule has 0 radical (unpaired) electrons. The molecular weight excluding hydrogens is 388 g/mol. The minimum atomic E-state index is -0.599. The van der Waals surface area contributed by atoms with Crippen molar-refractivity contribution in [1.29, 1.82) is 0 Å². The van der Waals surface area contributed by atoms with Gasteiger partial charge in [-0.05, 0) is 50.5 Å². The van der Waals surface area contributed by atoms with E-state index in [2.05, 4.69) is 22.8 Å². The molecule has 0 spiro atoms. The number of esters is 1. The number of aryl methyl sites for hydroxylation is 1. The van der Waals surface area contributed by atoms with Crippen molar-refractivity contribution in [1.82, 2.24) is 5.32 Å². The van der Waals surface area contributed by atoms with Gasteiger partial charge in [-0.15, -0.1) is 11.8 Å². The van der Waals surface area contributed by atoms with E-state index >= 15 is 0 Å². The maximum absolute atomic E-state index is 12.3. The first-order chi connectivity index (χ1) is 13.9. The molecule has 0 saturated carbocycles. The Morgan fingerprint density at radius 3 is 2.72 bits per heavy atom. The van der Waals surface area contributed by atoms with Crippen molar-refractivity contribution in [3.63, 3.8) is 0 Å². The maximum Gasteiger partial charge on any atom is 0.338 e. The molecule has 29 heavy (non-hydrogen) atoms. The molecule has 0 saturated heterocycles. The summed E-state index contributed by atoms with van der Waals surface area (Å²) >= 11 is 1.44. The van der Waals surface area contributed by atoms with E-state index in [4.69, 9.17) is 4.74 Å². The highest BCUT2D eigenvalue weighted by Crippen LogP contribution is 2.36. The number of ether oxygens (including phenoxy) is 1. The number of anilines is 1. The first-order valence-corrected chi connectivity index (χ1v) is 10.4. The summed E-state index contributed by atoms with van der Waals surface area (Å²) in [5.74, 6) is -1.04. The Kier molecular flexibility index (Phi) is 6.93. The Bertz CT molecular complexity index is 901. The first-order valence-electron chi connectivity index (χ1n) is 9.54. The molecule has 0 aliphatic carbocycles. The van der Waals surface area contributed by atoms with Gasteiger partial charge in [-0.3, -0.25) is 9.59 Å². The number of amides is 2. The molecule has 6 nitrogen and oxygen atoms in total. The number of nitrogens with one attached hydrogen (secondary N) is 2. The number of hydrogen-bond donors (Lipinski definition) is 2. The SMILES string of the molecule is CC(CCc1ccccc1)NC(=O)COC(=O)c1ccc2c(c1)NC(=O)C(C)S2. The Balaban J connectivity index is 1.46. The monoisotopic (exact) mass is 412 g/mol. The highest BCUT2D eigenvalue weighted by Gasteiger charge is 2.24. The fraction of sp³-hybridized carbons (Fsp3) is 0.318. The van der Waals surface area contributed by atoms with Gasteiger partial charge < -0.3 is 15.4 Å². The summed E-state index contributed by atoms with van der Waals surface area (Å²) in [5.41, 5.74) is 2.10. The third-order valence-electron chi connectivity index (χ3n) is 4.60. The first kappa shape index (κ1) is 20.9. The minimum Gasteiger partial charge on any atom is -0.452 e. The average Bonchev–Trinajstić information content (AvgIpc) is 2.72. The van der Waals surface area contributed by atoms with Crippen LogP contribution in [0.15, 0.2) is 53.4 Å².